The third-order valence-electron chi connectivity index (χ3n) is 0. The van der Waals surface area contributed by atoms with Crippen LogP contribution in [0.1, 0.15) is 0 Å². The van der Waals surface area contributed by atoms with Gasteiger partial charge < -0.3 is 11.5 Å². The molecule has 0 atom stereocenters. The van der Waals surface area contributed by atoms with E-state index in [9.17, 15) is 0 Å². The van der Waals surface area contributed by atoms with Crippen LogP contribution >= 0.6 is 12.2 Å². The molecule has 0 amide bonds. The molecule has 0 heterocycles. The van der Waals surface area contributed by atoms with Gasteiger partial charge >= 0.3 is 27.7 Å². The Hall–Kier alpha value is 0.625. The summed E-state index contributed by atoms with van der Waals surface area (Å²) in [7, 11) is 0. The van der Waals surface area contributed by atoms with Crippen molar-refractivity contribution in [3.05, 3.63) is 0 Å². The van der Waals surface area contributed by atoms with E-state index in [0.717, 1.165) is 0 Å². The van der Waals surface area contributed by atoms with E-state index < -0.39 is 0 Å². The molecular formula is CH4HgN2S+2. The van der Waals surface area contributed by atoms with Gasteiger partial charge in [-0.15, -0.1) is 0 Å². The Balaban J connectivity index is 0. The molecule has 0 fully saturated rings. The molecule has 0 aliphatic heterocycles. The van der Waals surface area contributed by atoms with E-state index in [1.165, 1.54) is 0 Å². The Morgan fingerprint density at radius 2 is 1.40 bits per heavy atom. The second-order valence-electron chi connectivity index (χ2n) is 0.402. The molecule has 0 aromatic rings. The molecule has 0 unspecified atom stereocenters. The largest absolute Gasteiger partial charge is 2.00 e. The van der Waals surface area contributed by atoms with Gasteiger partial charge in [0, 0.05) is 0 Å². The van der Waals surface area contributed by atoms with E-state index in [2.05, 4.69) is 23.7 Å². The minimum absolute atomic E-state index is 0. The fourth-order valence-corrected chi connectivity index (χ4v) is 0. The van der Waals surface area contributed by atoms with Gasteiger partial charge in [-0.25, -0.2) is 0 Å². The molecule has 0 aliphatic rings. The van der Waals surface area contributed by atoms with Crippen molar-refractivity contribution in [3.8, 4) is 0 Å². The first-order valence-corrected chi connectivity index (χ1v) is 1.19. The van der Waals surface area contributed by atoms with E-state index >= 15 is 0 Å². The van der Waals surface area contributed by atoms with Crippen LogP contribution in [0.4, 0.5) is 0 Å². The molecular weight excluding hydrogens is 273 g/mol. The molecule has 4 N–H and O–H groups in total. The summed E-state index contributed by atoms with van der Waals surface area (Å²) >= 11 is 4.09. The number of nitrogens with two attached hydrogens (primary N) is 2. The van der Waals surface area contributed by atoms with Gasteiger partial charge in [0.25, 0.3) is 0 Å². The van der Waals surface area contributed by atoms with Gasteiger partial charge in [-0.3, -0.25) is 0 Å². The zero-order valence-corrected chi connectivity index (χ0v) is 9.08. The fourth-order valence-electron chi connectivity index (χ4n) is 0. The molecule has 0 bridgehead atoms. The summed E-state index contributed by atoms with van der Waals surface area (Å²) < 4.78 is 0. The van der Waals surface area contributed by atoms with Crippen molar-refractivity contribution >= 4 is 17.3 Å². The monoisotopic (exact) mass is 278 g/mol. The smallest absolute Gasteiger partial charge is 0.377 e. The topological polar surface area (TPSA) is 52.0 Å². The molecule has 24 valence electrons. The summed E-state index contributed by atoms with van der Waals surface area (Å²) in [5.41, 5.74) is 9.24. The van der Waals surface area contributed by atoms with Crippen LogP contribution in [0.2, 0.25) is 0 Å². The van der Waals surface area contributed by atoms with Crippen LogP contribution in [0.5, 0.6) is 0 Å². The summed E-state index contributed by atoms with van der Waals surface area (Å²) in [6.07, 6.45) is 0. The molecule has 0 rings (SSSR count). The number of hydrogen-bond acceptors (Lipinski definition) is 1. The Kier molecular flexibility index (Phi) is 8.47. The average molecular weight is 277 g/mol. The third kappa shape index (κ3) is 81.6. The molecule has 0 radical (unpaired) electrons. The maximum atomic E-state index is 4.62. The van der Waals surface area contributed by atoms with Crippen LogP contribution in [-0.2, 0) is 27.7 Å². The van der Waals surface area contributed by atoms with Crippen LogP contribution in [0, 0.1) is 0 Å². The predicted molar refractivity (Wildman–Crippen MR) is 21.0 cm³/mol. The number of hydrogen-bond donors (Lipinski definition) is 2. The third-order valence-corrected chi connectivity index (χ3v) is 0. The second-order valence-corrected chi connectivity index (χ2v) is 0.874. The molecule has 0 aromatic heterocycles. The minimum atomic E-state index is 0. The first-order chi connectivity index (χ1) is 1.73. The molecule has 0 saturated carbocycles. The van der Waals surface area contributed by atoms with E-state index in [-0.39, 0.29) is 32.8 Å². The normalized spacial score (nSPS) is 4.80. The quantitative estimate of drug-likeness (QED) is 0.449. The van der Waals surface area contributed by atoms with Gasteiger partial charge in [0.1, 0.15) is 0 Å². The summed E-state index contributed by atoms with van der Waals surface area (Å²) in [5.74, 6) is 0. The predicted octanol–water partition coefficient (Wildman–Crippen LogP) is -0.814. The van der Waals surface area contributed by atoms with Gasteiger partial charge in [0.2, 0.25) is 0 Å². The van der Waals surface area contributed by atoms with E-state index in [0.29, 0.717) is 0 Å². The van der Waals surface area contributed by atoms with Crippen molar-refractivity contribution in [2.24, 2.45) is 11.5 Å². The van der Waals surface area contributed by atoms with E-state index in [4.69, 9.17) is 0 Å². The maximum Gasteiger partial charge on any atom is 2.00 e. The first-order valence-electron chi connectivity index (χ1n) is 0.781. The molecule has 0 aliphatic carbocycles. The Morgan fingerprint density at radius 3 is 1.40 bits per heavy atom. The molecule has 5 heavy (non-hydrogen) atoms. The van der Waals surface area contributed by atoms with E-state index in [1.54, 1.807) is 0 Å². The molecule has 0 saturated heterocycles. The summed E-state index contributed by atoms with van der Waals surface area (Å²) in [6, 6.07) is 0. The van der Waals surface area contributed by atoms with Gasteiger partial charge in [-0.2, -0.15) is 0 Å². The van der Waals surface area contributed by atoms with Crippen LogP contribution in [0.3, 0.4) is 0 Å². The molecule has 0 spiro atoms. The average Bonchev–Trinajstić information content (AvgIpc) is 0.811. The van der Waals surface area contributed by atoms with Crippen molar-refractivity contribution < 1.29 is 27.7 Å². The minimum Gasteiger partial charge on any atom is -0.377 e. The zero-order valence-electron chi connectivity index (χ0n) is 2.77. The van der Waals surface area contributed by atoms with E-state index in [1.807, 2.05) is 0 Å². The summed E-state index contributed by atoms with van der Waals surface area (Å²) in [6.45, 7) is 0. The Labute approximate surface area is 56.4 Å². The van der Waals surface area contributed by atoms with Crippen LogP contribution in [0.25, 0.3) is 0 Å². The van der Waals surface area contributed by atoms with Crippen LogP contribution in [0.15, 0.2) is 0 Å². The van der Waals surface area contributed by atoms with Crippen molar-refractivity contribution in [1.82, 2.24) is 0 Å². The Bertz CT molecular complexity index is 32.6. The summed E-state index contributed by atoms with van der Waals surface area (Å²) in [4.78, 5) is 0. The second kappa shape index (κ2) is 4.63. The van der Waals surface area contributed by atoms with Crippen molar-refractivity contribution in [2.45, 2.75) is 0 Å². The van der Waals surface area contributed by atoms with Gasteiger partial charge in [-0.05, 0) is 12.2 Å². The Morgan fingerprint density at radius 1 is 1.40 bits per heavy atom. The molecule has 2 nitrogen and oxygen atoms in total. The van der Waals surface area contributed by atoms with Gasteiger partial charge in [0.05, 0.1) is 0 Å². The maximum absolute atomic E-state index is 4.62. The van der Waals surface area contributed by atoms with Crippen molar-refractivity contribution in [2.75, 3.05) is 0 Å². The first kappa shape index (κ1) is 9.16. The number of thiocarbonyl (C=S) groups is 1. The molecule has 4 heteroatoms. The standard InChI is InChI=1S/CH4N2S.Hg/c2-1(3)4;/h(H4,2,3,4);/q;+2. The van der Waals surface area contributed by atoms with Gasteiger partial charge in [0.15, 0.2) is 5.11 Å². The van der Waals surface area contributed by atoms with Gasteiger partial charge in [-0.1, -0.05) is 0 Å². The zero-order chi connectivity index (χ0) is 3.58. The summed E-state index contributed by atoms with van der Waals surface area (Å²) in [5, 5.41) is 0.000000000000000222. The number of rotatable bonds is 0. The van der Waals surface area contributed by atoms with Crippen molar-refractivity contribution in [1.29, 1.82) is 0 Å². The SMILES string of the molecule is NC(N)=S.[Hg+2]. The van der Waals surface area contributed by atoms with Crippen molar-refractivity contribution in [3.63, 3.8) is 0 Å². The van der Waals surface area contributed by atoms with Crippen LogP contribution < -0.4 is 11.5 Å². The molecule has 0 aromatic carbocycles. The van der Waals surface area contributed by atoms with Crippen LogP contribution in [-0.4, -0.2) is 5.11 Å². The fraction of sp³-hybridized carbons (Fsp3) is 0.